The van der Waals surface area contributed by atoms with E-state index < -0.39 is 11.6 Å². The maximum atomic E-state index is 11.1. The Hall–Kier alpha value is -0.570. The molecule has 1 aliphatic carbocycles. The predicted octanol–water partition coefficient (Wildman–Crippen LogP) is 2.59. The second kappa shape index (κ2) is 2.97. The number of hydrogen-bond acceptors (Lipinski definition) is 2. The number of carboxylic acid groups (broad SMARTS) is 1. The van der Waals surface area contributed by atoms with Crippen molar-refractivity contribution >= 4 is 5.97 Å². The van der Waals surface area contributed by atoms with Crippen molar-refractivity contribution in [2.45, 2.75) is 64.1 Å². The summed E-state index contributed by atoms with van der Waals surface area (Å²) in [5.41, 5.74) is -0.777. The molecule has 2 rings (SSSR count). The highest BCUT2D eigenvalue weighted by atomic mass is 16.6. The molecule has 1 N–H and O–H groups in total. The molecule has 0 bridgehead atoms. The van der Waals surface area contributed by atoms with Gasteiger partial charge in [-0.25, -0.2) is 4.79 Å². The molecule has 1 spiro atoms. The lowest BCUT2D eigenvalue weighted by molar-refractivity contribution is -0.170. The van der Waals surface area contributed by atoms with Crippen LogP contribution in [0.25, 0.3) is 0 Å². The first-order valence-electron chi connectivity index (χ1n) is 5.71. The zero-order valence-corrected chi connectivity index (χ0v) is 9.80. The van der Waals surface area contributed by atoms with Gasteiger partial charge in [0.15, 0.2) is 5.60 Å². The lowest BCUT2D eigenvalue weighted by atomic mass is 9.88. The van der Waals surface area contributed by atoms with Crippen molar-refractivity contribution in [1.82, 2.24) is 0 Å². The molecule has 2 unspecified atom stereocenters. The fraction of sp³-hybridized carbons (Fsp3) is 0.917. The highest BCUT2D eigenvalue weighted by Gasteiger charge is 2.55. The Morgan fingerprint density at radius 2 is 1.73 bits per heavy atom. The van der Waals surface area contributed by atoms with E-state index >= 15 is 0 Å². The van der Waals surface area contributed by atoms with Crippen LogP contribution in [0.15, 0.2) is 0 Å². The summed E-state index contributed by atoms with van der Waals surface area (Å²) in [7, 11) is 0. The van der Waals surface area contributed by atoms with Gasteiger partial charge in [0.05, 0.1) is 5.60 Å². The van der Waals surface area contributed by atoms with Gasteiger partial charge in [0.25, 0.3) is 0 Å². The molecular formula is C12H20O3. The fourth-order valence-corrected chi connectivity index (χ4v) is 3.11. The summed E-state index contributed by atoms with van der Waals surface area (Å²) in [6.07, 6.45) is 4.71. The zero-order valence-electron chi connectivity index (χ0n) is 9.80. The van der Waals surface area contributed by atoms with Crippen molar-refractivity contribution < 1.29 is 14.6 Å². The average molecular weight is 212 g/mol. The third-order valence-electron chi connectivity index (χ3n) is 4.01. The third kappa shape index (κ3) is 1.78. The highest BCUT2D eigenvalue weighted by Crippen LogP contribution is 2.53. The normalized spacial score (nSPS) is 43.7. The molecule has 0 aromatic carbocycles. The van der Waals surface area contributed by atoms with Crippen molar-refractivity contribution in [2.75, 3.05) is 0 Å². The van der Waals surface area contributed by atoms with Crippen LogP contribution in [0.1, 0.15) is 52.9 Å². The number of aliphatic carboxylic acids is 1. The molecule has 1 saturated carbocycles. The van der Waals surface area contributed by atoms with Crippen LogP contribution in [-0.2, 0) is 9.53 Å². The molecule has 1 heterocycles. The molecule has 1 saturated heterocycles. The van der Waals surface area contributed by atoms with Crippen LogP contribution < -0.4 is 0 Å². The molecule has 2 aliphatic rings. The predicted molar refractivity (Wildman–Crippen MR) is 56.7 cm³/mol. The molecule has 0 aromatic heterocycles. The van der Waals surface area contributed by atoms with Crippen molar-refractivity contribution in [2.24, 2.45) is 5.41 Å². The van der Waals surface area contributed by atoms with Gasteiger partial charge in [-0.3, -0.25) is 0 Å². The Morgan fingerprint density at radius 3 is 2.13 bits per heavy atom. The van der Waals surface area contributed by atoms with E-state index in [0.29, 0.717) is 11.8 Å². The van der Waals surface area contributed by atoms with E-state index in [1.54, 1.807) is 6.92 Å². The van der Waals surface area contributed by atoms with E-state index in [1.807, 2.05) is 0 Å². The summed E-state index contributed by atoms with van der Waals surface area (Å²) in [4.78, 5) is 11.1. The molecule has 86 valence electrons. The molecule has 0 radical (unpaired) electrons. The van der Waals surface area contributed by atoms with E-state index in [9.17, 15) is 4.79 Å². The van der Waals surface area contributed by atoms with Crippen LogP contribution in [0.4, 0.5) is 0 Å². The highest BCUT2D eigenvalue weighted by molar-refractivity contribution is 5.77. The van der Waals surface area contributed by atoms with Gasteiger partial charge in [-0.05, 0) is 44.4 Å². The Bertz CT molecular complexity index is 297. The van der Waals surface area contributed by atoms with Gasteiger partial charge in [-0.15, -0.1) is 0 Å². The maximum absolute atomic E-state index is 11.1. The van der Waals surface area contributed by atoms with E-state index in [-0.39, 0.29) is 5.60 Å². The van der Waals surface area contributed by atoms with Gasteiger partial charge in [-0.1, -0.05) is 13.8 Å². The number of ether oxygens (including phenoxy) is 1. The summed E-state index contributed by atoms with van der Waals surface area (Å²) in [6, 6.07) is 0. The molecule has 3 nitrogen and oxygen atoms in total. The Labute approximate surface area is 90.8 Å². The molecule has 0 aromatic rings. The van der Waals surface area contributed by atoms with E-state index in [4.69, 9.17) is 9.84 Å². The number of carbonyl (C=O) groups is 1. The minimum atomic E-state index is -0.944. The summed E-state index contributed by atoms with van der Waals surface area (Å²) >= 11 is 0. The van der Waals surface area contributed by atoms with Crippen LogP contribution in [0, 0.1) is 5.41 Å². The summed E-state index contributed by atoms with van der Waals surface area (Å²) < 4.78 is 5.89. The van der Waals surface area contributed by atoms with Crippen LogP contribution in [0.2, 0.25) is 0 Å². The van der Waals surface area contributed by atoms with Gasteiger partial charge in [0, 0.05) is 0 Å². The minimum absolute atomic E-state index is 0.142. The van der Waals surface area contributed by atoms with Crippen LogP contribution >= 0.6 is 0 Å². The van der Waals surface area contributed by atoms with Crippen molar-refractivity contribution in [3.63, 3.8) is 0 Å². The zero-order chi connectivity index (χ0) is 11.3. The smallest absolute Gasteiger partial charge is 0.335 e. The van der Waals surface area contributed by atoms with Crippen molar-refractivity contribution in [1.29, 1.82) is 0 Å². The van der Waals surface area contributed by atoms with Gasteiger partial charge >= 0.3 is 5.97 Å². The molecule has 1 aliphatic heterocycles. The Kier molecular flexibility index (Phi) is 2.16. The van der Waals surface area contributed by atoms with Gasteiger partial charge in [0.1, 0.15) is 0 Å². The summed E-state index contributed by atoms with van der Waals surface area (Å²) in [5.74, 6) is -0.816. The first kappa shape index (κ1) is 10.9. The molecule has 2 atom stereocenters. The van der Waals surface area contributed by atoms with Crippen LogP contribution in [0.3, 0.4) is 0 Å². The molecule has 3 heteroatoms. The standard InChI is InChI=1S/C12H20O3/c1-10(2)4-6-12(8-10)7-5-11(3,15-12)9(13)14/h4-8H2,1-3H3,(H,13,14). The lowest BCUT2D eigenvalue weighted by Gasteiger charge is -2.29. The number of rotatable bonds is 1. The largest absolute Gasteiger partial charge is 0.479 e. The monoisotopic (exact) mass is 212 g/mol. The Balaban J connectivity index is 2.13. The van der Waals surface area contributed by atoms with Gasteiger partial charge < -0.3 is 9.84 Å². The average Bonchev–Trinajstić information content (AvgIpc) is 2.56. The van der Waals surface area contributed by atoms with Gasteiger partial charge in [0.2, 0.25) is 0 Å². The van der Waals surface area contributed by atoms with Crippen molar-refractivity contribution in [3.8, 4) is 0 Å². The third-order valence-corrected chi connectivity index (χ3v) is 4.01. The maximum Gasteiger partial charge on any atom is 0.335 e. The quantitative estimate of drug-likeness (QED) is 0.726. The second-order valence-corrected chi connectivity index (χ2v) is 6.16. The van der Waals surface area contributed by atoms with E-state index in [1.165, 1.54) is 0 Å². The van der Waals surface area contributed by atoms with Gasteiger partial charge in [-0.2, -0.15) is 0 Å². The van der Waals surface area contributed by atoms with Crippen LogP contribution in [0.5, 0.6) is 0 Å². The molecule has 2 fully saturated rings. The SMILES string of the molecule is CC1(C)CCC2(CCC(C)(C(=O)O)O2)C1. The lowest BCUT2D eigenvalue weighted by Crippen LogP contribution is -2.38. The first-order chi connectivity index (χ1) is 6.77. The number of hydrogen-bond donors (Lipinski definition) is 1. The van der Waals surface area contributed by atoms with E-state index in [2.05, 4.69) is 13.8 Å². The summed E-state index contributed by atoms with van der Waals surface area (Å²) in [5, 5.41) is 9.12. The fourth-order valence-electron chi connectivity index (χ4n) is 3.11. The van der Waals surface area contributed by atoms with Crippen molar-refractivity contribution in [3.05, 3.63) is 0 Å². The first-order valence-corrected chi connectivity index (χ1v) is 5.71. The van der Waals surface area contributed by atoms with Crippen LogP contribution in [-0.4, -0.2) is 22.3 Å². The number of carboxylic acids is 1. The van der Waals surface area contributed by atoms with E-state index in [0.717, 1.165) is 25.7 Å². The second-order valence-electron chi connectivity index (χ2n) is 6.16. The topological polar surface area (TPSA) is 46.5 Å². The minimum Gasteiger partial charge on any atom is -0.479 e. The molecule has 15 heavy (non-hydrogen) atoms. The Morgan fingerprint density at radius 1 is 1.13 bits per heavy atom. The molecular weight excluding hydrogens is 192 g/mol. The molecule has 0 amide bonds. The summed E-state index contributed by atoms with van der Waals surface area (Å²) in [6.45, 7) is 6.18.